The molecule has 0 aliphatic rings. The van der Waals surface area contributed by atoms with Crippen molar-refractivity contribution in [3.05, 3.63) is 112 Å². The summed E-state index contributed by atoms with van der Waals surface area (Å²) >= 11 is 1.44. The van der Waals surface area contributed by atoms with Gasteiger partial charge in [-0.25, -0.2) is 9.78 Å². The van der Waals surface area contributed by atoms with Gasteiger partial charge in [-0.05, 0) is 54.4 Å². The molecule has 3 heterocycles. The smallest absolute Gasteiger partial charge is 0.343 e. The minimum atomic E-state index is -0.463. The zero-order valence-corrected chi connectivity index (χ0v) is 18.9. The lowest BCUT2D eigenvalue weighted by Crippen LogP contribution is -2.20. The maximum absolute atomic E-state index is 13.3. The number of benzene rings is 2. The second-order valence-electron chi connectivity index (χ2n) is 7.41. The molecule has 0 unspecified atom stereocenters. The second-order valence-corrected chi connectivity index (χ2v) is 8.27. The Hall–Kier alpha value is -4.43. The molecule has 0 aliphatic carbocycles. The van der Waals surface area contributed by atoms with Gasteiger partial charge in [0.05, 0.1) is 17.2 Å². The van der Waals surface area contributed by atoms with E-state index in [1.54, 1.807) is 49.5 Å². The van der Waals surface area contributed by atoms with Crippen LogP contribution in [0.15, 0.2) is 94.4 Å². The average Bonchev–Trinajstić information content (AvgIpc) is 3.30. The first-order valence-corrected chi connectivity index (χ1v) is 11.3. The lowest BCUT2D eigenvalue weighted by Gasteiger charge is -2.06. The van der Waals surface area contributed by atoms with Crippen LogP contribution < -0.4 is 10.3 Å². The summed E-state index contributed by atoms with van der Waals surface area (Å²) in [7, 11) is 0. The van der Waals surface area contributed by atoms with Gasteiger partial charge in [0.2, 0.25) is 0 Å². The van der Waals surface area contributed by atoms with Gasteiger partial charge in [-0.2, -0.15) is 9.78 Å². The van der Waals surface area contributed by atoms with Crippen LogP contribution in [0.25, 0.3) is 21.3 Å². The summed E-state index contributed by atoms with van der Waals surface area (Å²) in [6.07, 6.45) is 4.64. The minimum absolute atomic E-state index is 0.221. The number of aromatic nitrogens is 3. The van der Waals surface area contributed by atoms with Crippen molar-refractivity contribution in [2.75, 3.05) is 0 Å². The van der Waals surface area contributed by atoms with Gasteiger partial charge in [-0.15, -0.1) is 11.3 Å². The van der Waals surface area contributed by atoms with Gasteiger partial charge >= 0.3 is 5.97 Å². The molecule has 0 fully saturated rings. The molecule has 0 atom stereocenters. The molecule has 5 aromatic rings. The molecule has 0 saturated heterocycles. The topological polar surface area (TPSA) is 86.4 Å². The molecule has 0 radical (unpaired) electrons. The van der Waals surface area contributed by atoms with Gasteiger partial charge in [0.25, 0.3) is 5.56 Å². The van der Waals surface area contributed by atoms with Crippen molar-refractivity contribution in [2.24, 2.45) is 5.10 Å². The van der Waals surface area contributed by atoms with Crippen LogP contribution in [-0.4, -0.2) is 26.8 Å². The highest BCUT2D eigenvalue weighted by molar-refractivity contribution is 7.17. The van der Waals surface area contributed by atoms with Crippen molar-refractivity contribution < 1.29 is 9.53 Å². The molecule has 0 aliphatic heterocycles. The molecule has 3 aromatic heterocycles. The van der Waals surface area contributed by atoms with E-state index in [1.165, 1.54) is 28.4 Å². The number of pyridine rings is 1. The highest BCUT2D eigenvalue weighted by Gasteiger charge is 2.15. The third kappa shape index (κ3) is 4.26. The van der Waals surface area contributed by atoms with E-state index in [4.69, 9.17) is 4.74 Å². The normalized spacial score (nSPS) is 11.2. The van der Waals surface area contributed by atoms with E-state index in [1.807, 2.05) is 35.7 Å². The number of ether oxygens (including phenoxy) is 1. The molecule has 0 spiro atoms. The lowest BCUT2D eigenvalue weighted by molar-refractivity contribution is 0.0734. The maximum atomic E-state index is 13.3. The van der Waals surface area contributed by atoms with Crippen LogP contribution in [0.5, 0.6) is 5.75 Å². The Labute approximate surface area is 198 Å². The van der Waals surface area contributed by atoms with Crippen molar-refractivity contribution in [2.45, 2.75) is 6.92 Å². The number of carbonyl (C=O) groups is 1. The monoisotopic (exact) mass is 466 g/mol. The van der Waals surface area contributed by atoms with Crippen LogP contribution in [0.1, 0.15) is 21.7 Å². The van der Waals surface area contributed by atoms with Crippen LogP contribution in [0.3, 0.4) is 0 Å². The van der Waals surface area contributed by atoms with E-state index in [0.29, 0.717) is 27.4 Å². The summed E-state index contributed by atoms with van der Waals surface area (Å²) in [5, 5.41) is 6.89. The highest BCUT2D eigenvalue weighted by atomic mass is 32.1. The van der Waals surface area contributed by atoms with Gasteiger partial charge in [0.1, 0.15) is 16.4 Å². The van der Waals surface area contributed by atoms with E-state index in [2.05, 4.69) is 15.1 Å². The molecule has 0 saturated carbocycles. The predicted molar refractivity (Wildman–Crippen MR) is 133 cm³/mol. The molecular formula is C26H18N4O3S. The summed E-state index contributed by atoms with van der Waals surface area (Å²) < 4.78 is 6.68. The first-order chi connectivity index (χ1) is 16.6. The number of nitrogens with zero attached hydrogens (tertiary/aromatic N) is 4. The minimum Gasteiger partial charge on any atom is -0.423 e. The molecule has 0 bridgehead atoms. The summed E-state index contributed by atoms with van der Waals surface area (Å²) in [5.74, 6) is 0.439. The van der Waals surface area contributed by atoms with Crippen molar-refractivity contribution in [3.63, 3.8) is 0 Å². The van der Waals surface area contributed by atoms with Crippen molar-refractivity contribution >= 4 is 33.7 Å². The number of esters is 1. The molecule has 2 aromatic carbocycles. The number of aryl methyl sites for hydroxylation is 1. The molecular weight excluding hydrogens is 448 g/mol. The van der Waals surface area contributed by atoms with Gasteiger partial charge in [0, 0.05) is 23.3 Å². The van der Waals surface area contributed by atoms with Crippen LogP contribution >= 0.6 is 11.3 Å². The maximum Gasteiger partial charge on any atom is 0.343 e. The Balaban J connectivity index is 1.41. The molecule has 8 heteroatoms. The van der Waals surface area contributed by atoms with E-state index in [9.17, 15) is 9.59 Å². The number of hydrogen-bond donors (Lipinski definition) is 0. The highest BCUT2D eigenvalue weighted by Crippen LogP contribution is 2.30. The number of carbonyl (C=O) groups excluding carboxylic acids is 1. The SMILES string of the molecule is Cc1nc2scc(-c3ccccc3)c2c(=O)n1/N=C/c1ccc(OC(=O)c2ccncc2)cc1. The fraction of sp³-hybridized carbons (Fsp3) is 0.0385. The lowest BCUT2D eigenvalue weighted by atomic mass is 10.1. The number of thiophene rings is 1. The predicted octanol–water partition coefficient (Wildman–Crippen LogP) is 4.93. The first kappa shape index (κ1) is 21.4. The first-order valence-electron chi connectivity index (χ1n) is 10.4. The van der Waals surface area contributed by atoms with Crippen LogP contribution in [-0.2, 0) is 0 Å². The zero-order valence-electron chi connectivity index (χ0n) is 18.1. The average molecular weight is 467 g/mol. The summed E-state index contributed by atoms with van der Waals surface area (Å²) in [6, 6.07) is 19.8. The summed E-state index contributed by atoms with van der Waals surface area (Å²) in [4.78, 5) is 34.6. The molecule has 5 rings (SSSR count). The summed E-state index contributed by atoms with van der Waals surface area (Å²) in [5.41, 5.74) is 2.75. The van der Waals surface area contributed by atoms with E-state index < -0.39 is 5.97 Å². The Morgan fingerprint density at radius 2 is 1.76 bits per heavy atom. The van der Waals surface area contributed by atoms with E-state index in [-0.39, 0.29) is 5.56 Å². The van der Waals surface area contributed by atoms with Gasteiger partial charge in [-0.3, -0.25) is 9.78 Å². The van der Waals surface area contributed by atoms with Gasteiger partial charge in [0.15, 0.2) is 0 Å². The van der Waals surface area contributed by atoms with E-state index in [0.717, 1.165) is 16.7 Å². The molecule has 34 heavy (non-hydrogen) atoms. The Kier molecular flexibility index (Phi) is 5.80. The molecule has 0 amide bonds. The molecule has 7 nitrogen and oxygen atoms in total. The van der Waals surface area contributed by atoms with Crippen LogP contribution in [0.4, 0.5) is 0 Å². The van der Waals surface area contributed by atoms with Crippen LogP contribution in [0, 0.1) is 6.92 Å². The van der Waals surface area contributed by atoms with Crippen molar-refractivity contribution in [1.82, 2.24) is 14.6 Å². The van der Waals surface area contributed by atoms with Crippen molar-refractivity contribution in [1.29, 1.82) is 0 Å². The third-order valence-corrected chi connectivity index (χ3v) is 6.03. The quantitative estimate of drug-likeness (QED) is 0.208. The Morgan fingerprint density at radius 3 is 2.50 bits per heavy atom. The number of hydrogen-bond acceptors (Lipinski definition) is 7. The molecule has 0 N–H and O–H groups in total. The largest absolute Gasteiger partial charge is 0.423 e. The fourth-order valence-corrected chi connectivity index (χ4v) is 4.43. The second kappa shape index (κ2) is 9.21. The molecule has 166 valence electrons. The Morgan fingerprint density at radius 1 is 1.03 bits per heavy atom. The number of rotatable bonds is 5. The fourth-order valence-electron chi connectivity index (χ4n) is 3.45. The number of fused-ring (bicyclic) bond motifs is 1. The summed E-state index contributed by atoms with van der Waals surface area (Å²) in [6.45, 7) is 1.75. The van der Waals surface area contributed by atoms with Gasteiger partial charge < -0.3 is 4.74 Å². The van der Waals surface area contributed by atoms with E-state index >= 15 is 0 Å². The standard InChI is InChI=1S/C26H18N4O3S/c1-17-29-24-23(22(16-34-24)19-5-3-2-4-6-19)25(31)30(17)28-15-18-7-9-21(10-8-18)33-26(32)20-11-13-27-14-12-20/h2-16H,1H3/b28-15+. The van der Waals surface area contributed by atoms with Crippen LogP contribution in [0.2, 0.25) is 0 Å². The zero-order chi connectivity index (χ0) is 23.5. The Bertz CT molecular complexity index is 1560. The van der Waals surface area contributed by atoms with Gasteiger partial charge in [-0.1, -0.05) is 30.3 Å². The third-order valence-electron chi connectivity index (χ3n) is 5.16. The van der Waals surface area contributed by atoms with Crippen molar-refractivity contribution in [3.8, 4) is 16.9 Å².